The Morgan fingerprint density at radius 3 is 2.72 bits per heavy atom. The van der Waals surface area contributed by atoms with E-state index in [1.54, 1.807) is 11.8 Å². The van der Waals surface area contributed by atoms with Crippen LogP contribution in [0.4, 0.5) is 5.69 Å². The van der Waals surface area contributed by atoms with E-state index in [1.165, 1.54) is 4.90 Å². The highest BCUT2D eigenvalue weighted by molar-refractivity contribution is 7.98. The predicted molar refractivity (Wildman–Crippen MR) is 78.4 cm³/mol. The number of nitrogens with one attached hydrogen (secondary N) is 1. The van der Waals surface area contributed by atoms with Crippen molar-refractivity contribution in [2.45, 2.75) is 37.4 Å². The Hall–Kier alpha value is -0.710. The molecule has 0 heterocycles. The summed E-state index contributed by atoms with van der Waals surface area (Å²) in [7, 11) is 0. The van der Waals surface area contributed by atoms with Crippen LogP contribution in [-0.2, 0) is 4.74 Å². The molecule has 0 aliphatic heterocycles. The fourth-order valence-electron chi connectivity index (χ4n) is 1.37. The number of ether oxygens (including phenoxy) is 1. The van der Waals surface area contributed by atoms with E-state index < -0.39 is 6.10 Å². The predicted octanol–water partition coefficient (Wildman–Crippen LogP) is 3.00. The van der Waals surface area contributed by atoms with Gasteiger partial charge in [0.05, 0.1) is 18.3 Å². The minimum atomic E-state index is -0.498. The molecular weight excluding hydrogens is 246 g/mol. The van der Waals surface area contributed by atoms with Gasteiger partial charge in [-0.25, -0.2) is 0 Å². The van der Waals surface area contributed by atoms with Crippen molar-refractivity contribution < 1.29 is 9.84 Å². The van der Waals surface area contributed by atoms with Crippen LogP contribution in [0.3, 0.4) is 0 Å². The summed E-state index contributed by atoms with van der Waals surface area (Å²) in [6, 6.07) is 8.14. The highest BCUT2D eigenvalue weighted by Gasteiger charge is 2.13. The first-order valence-electron chi connectivity index (χ1n) is 6.10. The summed E-state index contributed by atoms with van der Waals surface area (Å²) >= 11 is 1.70. The minimum absolute atomic E-state index is 0.209. The van der Waals surface area contributed by atoms with Crippen molar-refractivity contribution in [2.24, 2.45) is 0 Å². The normalized spacial score (nSPS) is 13.4. The van der Waals surface area contributed by atoms with Crippen LogP contribution < -0.4 is 5.32 Å². The number of aliphatic hydroxyl groups excluding tert-OH is 1. The van der Waals surface area contributed by atoms with Crippen LogP contribution in [0.2, 0.25) is 0 Å². The Bertz CT molecular complexity index is 363. The first-order valence-corrected chi connectivity index (χ1v) is 7.33. The molecule has 0 fully saturated rings. The van der Waals surface area contributed by atoms with Gasteiger partial charge in [-0.1, -0.05) is 6.07 Å². The van der Waals surface area contributed by atoms with E-state index in [9.17, 15) is 5.11 Å². The SMILES string of the molecule is CSc1cccc(NCC(O)COC(C)(C)C)c1. The summed E-state index contributed by atoms with van der Waals surface area (Å²) in [6.45, 7) is 6.78. The lowest BCUT2D eigenvalue weighted by atomic mass is 10.2. The second-order valence-electron chi connectivity index (χ2n) is 5.19. The lowest BCUT2D eigenvalue weighted by molar-refractivity contribution is -0.0449. The molecule has 18 heavy (non-hydrogen) atoms. The number of aliphatic hydroxyl groups is 1. The summed E-state index contributed by atoms with van der Waals surface area (Å²) in [5.74, 6) is 0. The molecule has 1 unspecified atom stereocenters. The van der Waals surface area contributed by atoms with Crippen molar-refractivity contribution in [1.29, 1.82) is 0 Å². The van der Waals surface area contributed by atoms with Gasteiger partial charge in [0.15, 0.2) is 0 Å². The molecule has 4 heteroatoms. The quantitative estimate of drug-likeness (QED) is 0.779. The van der Waals surface area contributed by atoms with Crippen molar-refractivity contribution in [3.8, 4) is 0 Å². The van der Waals surface area contributed by atoms with Crippen LogP contribution in [0.5, 0.6) is 0 Å². The zero-order chi connectivity index (χ0) is 13.6. The van der Waals surface area contributed by atoms with Gasteiger partial charge < -0.3 is 15.2 Å². The Morgan fingerprint density at radius 2 is 2.11 bits per heavy atom. The molecule has 102 valence electrons. The van der Waals surface area contributed by atoms with E-state index >= 15 is 0 Å². The molecule has 0 radical (unpaired) electrons. The van der Waals surface area contributed by atoms with Crippen molar-refractivity contribution in [2.75, 3.05) is 24.7 Å². The van der Waals surface area contributed by atoms with Gasteiger partial charge in [-0.2, -0.15) is 0 Å². The number of rotatable bonds is 6. The van der Waals surface area contributed by atoms with E-state index in [2.05, 4.69) is 17.4 Å². The Kier molecular flexibility index (Phi) is 5.99. The van der Waals surface area contributed by atoms with Crippen LogP contribution in [0.1, 0.15) is 20.8 Å². The summed E-state index contributed by atoms with van der Waals surface area (Å²) in [6.07, 6.45) is 1.55. The fraction of sp³-hybridized carbons (Fsp3) is 0.571. The van der Waals surface area contributed by atoms with Crippen molar-refractivity contribution >= 4 is 17.4 Å². The van der Waals surface area contributed by atoms with Crippen LogP contribution >= 0.6 is 11.8 Å². The molecular formula is C14H23NO2S. The molecule has 1 atom stereocenters. The Labute approximate surface area is 114 Å². The maximum Gasteiger partial charge on any atom is 0.0945 e. The zero-order valence-electron chi connectivity index (χ0n) is 11.6. The van der Waals surface area contributed by atoms with Crippen LogP contribution in [0, 0.1) is 0 Å². The molecule has 2 N–H and O–H groups in total. The molecule has 0 aromatic heterocycles. The molecule has 0 amide bonds. The summed E-state index contributed by atoms with van der Waals surface area (Å²) < 4.78 is 5.53. The van der Waals surface area contributed by atoms with Crippen molar-refractivity contribution in [1.82, 2.24) is 0 Å². The average Bonchev–Trinajstić information content (AvgIpc) is 2.33. The lowest BCUT2D eigenvalue weighted by Crippen LogP contribution is -2.30. The number of anilines is 1. The van der Waals surface area contributed by atoms with E-state index in [0.717, 1.165) is 5.69 Å². The lowest BCUT2D eigenvalue weighted by Gasteiger charge is -2.22. The van der Waals surface area contributed by atoms with Gasteiger partial charge in [0.25, 0.3) is 0 Å². The number of benzene rings is 1. The van der Waals surface area contributed by atoms with Gasteiger partial charge in [0.2, 0.25) is 0 Å². The van der Waals surface area contributed by atoms with E-state index in [-0.39, 0.29) is 5.60 Å². The third-order valence-corrected chi connectivity index (χ3v) is 3.05. The van der Waals surface area contributed by atoms with Gasteiger partial charge in [-0.05, 0) is 45.2 Å². The Morgan fingerprint density at radius 1 is 1.39 bits per heavy atom. The van der Waals surface area contributed by atoms with Gasteiger partial charge in [0, 0.05) is 17.1 Å². The van der Waals surface area contributed by atoms with Crippen molar-refractivity contribution in [3.05, 3.63) is 24.3 Å². The van der Waals surface area contributed by atoms with E-state index in [0.29, 0.717) is 13.2 Å². The van der Waals surface area contributed by atoms with Crippen LogP contribution in [-0.4, -0.2) is 36.2 Å². The number of hydrogen-bond acceptors (Lipinski definition) is 4. The van der Waals surface area contributed by atoms with Gasteiger partial charge in [-0.3, -0.25) is 0 Å². The smallest absolute Gasteiger partial charge is 0.0945 e. The molecule has 0 spiro atoms. The minimum Gasteiger partial charge on any atom is -0.389 e. The molecule has 1 aromatic carbocycles. The number of hydrogen-bond donors (Lipinski definition) is 2. The first kappa shape index (κ1) is 15.3. The monoisotopic (exact) mass is 269 g/mol. The molecule has 0 bridgehead atoms. The third-order valence-electron chi connectivity index (χ3n) is 2.32. The largest absolute Gasteiger partial charge is 0.389 e. The molecule has 1 rings (SSSR count). The maximum absolute atomic E-state index is 9.81. The van der Waals surface area contributed by atoms with Crippen LogP contribution in [0.25, 0.3) is 0 Å². The van der Waals surface area contributed by atoms with Gasteiger partial charge >= 0.3 is 0 Å². The molecule has 1 aromatic rings. The highest BCUT2D eigenvalue weighted by Crippen LogP contribution is 2.18. The first-order chi connectivity index (χ1) is 8.40. The Balaban J connectivity index is 2.35. The van der Waals surface area contributed by atoms with E-state index in [4.69, 9.17) is 4.74 Å². The van der Waals surface area contributed by atoms with Crippen LogP contribution in [0.15, 0.2) is 29.2 Å². The summed E-state index contributed by atoms with van der Waals surface area (Å²) in [5.41, 5.74) is 0.816. The molecule has 0 saturated heterocycles. The van der Waals surface area contributed by atoms with Gasteiger partial charge in [-0.15, -0.1) is 11.8 Å². The average molecular weight is 269 g/mol. The summed E-state index contributed by atoms with van der Waals surface area (Å²) in [5, 5.41) is 13.0. The number of thioether (sulfide) groups is 1. The summed E-state index contributed by atoms with van der Waals surface area (Å²) in [4.78, 5) is 1.21. The second-order valence-corrected chi connectivity index (χ2v) is 6.07. The van der Waals surface area contributed by atoms with Crippen molar-refractivity contribution in [3.63, 3.8) is 0 Å². The molecule has 0 aliphatic carbocycles. The van der Waals surface area contributed by atoms with E-state index in [1.807, 2.05) is 39.2 Å². The maximum atomic E-state index is 9.81. The fourth-order valence-corrected chi connectivity index (χ4v) is 1.83. The second kappa shape index (κ2) is 7.02. The molecule has 0 aliphatic rings. The van der Waals surface area contributed by atoms with Gasteiger partial charge in [0.1, 0.15) is 0 Å². The molecule has 3 nitrogen and oxygen atoms in total. The molecule has 0 saturated carbocycles. The standard InChI is InChI=1S/C14H23NO2S/c1-14(2,3)17-10-12(16)9-15-11-6-5-7-13(8-11)18-4/h5-8,12,15-16H,9-10H2,1-4H3. The highest BCUT2D eigenvalue weighted by atomic mass is 32.2. The third kappa shape index (κ3) is 6.28. The topological polar surface area (TPSA) is 41.5 Å². The zero-order valence-corrected chi connectivity index (χ0v) is 12.4.